The SMILES string of the molecule is Cc1ncc(-c2ccc(OCCOc3ccccc3Cl)cn2)c(N2CCC(C)(C)CC2)c1CC(=O)O. The van der Waals surface area contributed by atoms with E-state index in [-0.39, 0.29) is 11.8 Å². The maximum absolute atomic E-state index is 11.7. The molecule has 1 aromatic carbocycles. The Hall–Kier alpha value is -3.32. The third-order valence-corrected chi connectivity index (χ3v) is 6.90. The molecule has 1 aliphatic rings. The monoisotopic (exact) mass is 509 g/mol. The van der Waals surface area contributed by atoms with Crippen LogP contribution in [-0.4, -0.2) is 47.3 Å². The highest BCUT2D eigenvalue weighted by atomic mass is 35.5. The van der Waals surface area contributed by atoms with Crippen LogP contribution in [-0.2, 0) is 11.2 Å². The van der Waals surface area contributed by atoms with Gasteiger partial charge in [-0.25, -0.2) is 0 Å². The van der Waals surface area contributed by atoms with Crippen molar-refractivity contribution in [2.24, 2.45) is 5.41 Å². The Morgan fingerprint density at radius 3 is 2.44 bits per heavy atom. The van der Waals surface area contributed by atoms with E-state index >= 15 is 0 Å². The van der Waals surface area contributed by atoms with Crippen LogP contribution in [0.3, 0.4) is 0 Å². The molecule has 1 N–H and O–H groups in total. The average Bonchev–Trinajstić information content (AvgIpc) is 2.84. The van der Waals surface area contributed by atoms with Crippen molar-refractivity contribution in [1.29, 1.82) is 0 Å². The molecular weight excluding hydrogens is 478 g/mol. The number of nitrogens with zero attached hydrogens (tertiary/aromatic N) is 3. The third kappa shape index (κ3) is 6.26. The maximum Gasteiger partial charge on any atom is 0.307 e. The fourth-order valence-corrected chi connectivity index (χ4v) is 4.57. The van der Waals surface area contributed by atoms with Gasteiger partial charge in [0.25, 0.3) is 0 Å². The number of carboxylic acid groups (broad SMARTS) is 1. The van der Waals surface area contributed by atoms with Crippen LogP contribution >= 0.6 is 11.6 Å². The van der Waals surface area contributed by atoms with Crippen LogP contribution in [0.15, 0.2) is 48.8 Å². The zero-order valence-corrected chi connectivity index (χ0v) is 21.7. The minimum absolute atomic E-state index is 0.0749. The number of carboxylic acids is 1. The minimum atomic E-state index is -0.869. The predicted octanol–water partition coefficient (Wildman–Crippen LogP) is 5.82. The van der Waals surface area contributed by atoms with Gasteiger partial charge in [0.1, 0.15) is 24.7 Å². The van der Waals surface area contributed by atoms with Crippen molar-refractivity contribution in [3.63, 3.8) is 0 Å². The zero-order valence-electron chi connectivity index (χ0n) is 21.0. The van der Waals surface area contributed by atoms with Crippen LogP contribution in [0.1, 0.15) is 37.9 Å². The molecule has 4 rings (SSSR count). The van der Waals surface area contributed by atoms with Crippen molar-refractivity contribution in [2.75, 3.05) is 31.2 Å². The van der Waals surface area contributed by atoms with Gasteiger partial charge < -0.3 is 19.5 Å². The number of para-hydroxylation sites is 1. The van der Waals surface area contributed by atoms with Crippen LogP contribution < -0.4 is 14.4 Å². The van der Waals surface area contributed by atoms with E-state index in [9.17, 15) is 9.90 Å². The molecule has 7 nitrogen and oxygen atoms in total. The summed E-state index contributed by atoms with van der Waals surface area (Å²) in [5.41, 5.74) is 4.25. The molecule has 0 aliphatic carbocycles. The van der Waals surface area contributed by atoms with Crippen molar-refractivity contribution in [2.45, 2.75) is 40.0 Å². The Morgan fingerprint density at radius 1 is 1.06 bits per heavy atom. The number of piperidine rings is 1. The Kier molecular flexibility index (Phi) is 7.99. The summed E-state index contributed by atoms with van der Waals surface area (Å²) >= 11 is 6.11. The second-order valence-electron chi connectivity index (χ2n) is 9.81. The molecule has 1 fully saturated rings. The van der Waals surface area contributed by atoms with Gasteiger partial charge in [0.05, 0.1) is 29.0 Å². The molecule has 0 spiro atoms. The summed E-state index contributed by atoms with van der Waals surface area (Å²) in [4.78, 5) is 23.1. The standard InChI is InChI=1S/C28H32ClN3O4/c1-19-21(16-26(33)34)27(32-12-10-28(2,3)11-13-32)22(18-30-19)24-9-8-20(17-31-24)35-14-15-36-25-7-5-4-6-23(25)29/h4-9,17-18H,10-16H2,1-3H3,(H,33,34). The van der Waals surface area contributed by atoms with Gasteiger partial charge in [0.2, 0.25) is 0 Å². The normalized spacial score (nSPS) is 14.9. The van der Waals surface area contributed by atoms with E-state index in [0.717, 1.165) is 54.1 Å². The zero-order chi connectivity index (χ0) is 25.7. The largest absolute Gasteiger partial charge is 0.488 e. The Labute approximate surface area is 217 Å². The molecule has 1 saturated heterocycles. The Bertz CT molecular complexity index is 1200. The summed E-state index contributed by atoms with van der Waals surface area (Å²) in [6.45, 7) is 8.85. The number of rotatable bonds is 9. The lowest BCUT2D eigenvalue weighted by Gasteiger charge is -2.40. The predicted molar refractivity (Wildman–Crippen MR) is 141 cm³/mol. The molecule has 3 aromatic rings. The number of hydrogen-bond acceptors (Lipinski definition) is 6. The number of benzene rings is 1. The first-order valence-corrected chi connectivity index (χ1v) is 12.5. The molecule has 3 heterocycles. The topological polar surface area (TPSA) is 84.8 Å². The van der Waals surface area contributed by atoms with Gasteiger partial charge in [-0.1, -0.05) is 37.6 Å². The minimum Gasteiger partial charge on any atom is -0.488 e. The number of pyridine rings is 2. The summed E-state index contributed by atoms with van der Waals surface area (Å²) in [5.74, 6) is 0.369. The van der Waals surface area contributed by atoms with Gasteiger partial charge in [0.15, 0.2) is 0 Å². The van der Waals surface area contributed by atoms with Crippen molar-refractivity contribution in [3.8, 4) is 22.8 Å². The lowest BCUT2D eigenvalue weighted by molar-refractivity contribution is -0.136. The lowest BCUT2D eigenvalue weighted by atomic mass is 9.82. The van der Waals surface area contributed by atoms with Gasteiger partial charge in [-0.3, -0.25) is 14.8 Å². The van der Waals surface area contributed by atoms with E-state index in [1.54, 1.807) is 18.5 Å². The van der Waals surface area contributed by atoms with E-state index in [0.29, 0.717) is 29.7 Å². The summed E-state index contributed by atoms with van der Waals surface area (Å²) in [5, 5.41) is 10.2. The molecule has 1 aliphatic heterocycles. The highest BCUT2D eigenvalue weighted by molar-refractivity contribution is 6.32. The molecule has 36 heavy (non-hydrogen) atoms. The molecule has 0 radical (unpaired) electrons. The molecule has 0 bridgehead atoms. The number of halogens is 1. The second kappa shape index (κ2) is 11.2. The van der Waals surface area contributed by atoms with Crippen LogP contribution in [0.2, 0.25) is 5.02 Å². The van der Waals surface area contributed by atoms with Crippen molar-refractivity contribution >= 4 is 23.3 Å². The fourth-order valence-electron chi connectivity index (χ4n) is 4.38. The van der Waals surface area contributed by atoms with Gasteiger partial charge in [-0.15, -0.1) is 0 Å². The molecule has 0 saturated carbocycles. The highest BCUT2D eigenvalue weighted by Crippen LogP contribution is 2.39. The number of aryl methyl sites for hydroxylation is 1. The summed E-state index contributed by atoms with van der Waals surface area (Å²) < 4.78 is 11.5. The van der Waals surface area contributed by atoms with E-state index in [4.69, 9.17) is 21.1 Å². The maximum atomic E-state index is 11.7. The van der Waals surface area contributed by atoms with E-state index < -0.39 is 5.97 Å². The Balaban J connectivity index is 1.51. The molecule has 190 valence electrons. The van der Waals surface area contributed by atoms with Crippen LogP contribution in [0.25, 0.3) is 11.3 Å². The van der Waals surface area contributed by atoms with Gasteiger partial charge in [0, 0.05) is 36.1 Å². The summed E-state index contributed by atoms with van der Waals surface area (Å²) in [6, 6.07) is 11.1. The van der Waals surface area contributed by atoms with Crippen LogP contribution in [0.4, 0.5) is 5.69 Å². The fraction of sp³-hybridized carbons (Fsp3) is 0.393. The number of aliphatic carboxylic acids is 1. The molecule has 0 unspecified atom stereocenters. The molecule has 0 atom stereocenters. The third-order valence-electron chi connectivity index (χ3n) is 6.58. The van der Waals surface area contributed by atoms with Crippen molar-refractivity contribution in [1.82, 2.24) is 9.97 Å². The number of ether oxygens (including phenoxy) is 2. The lowest BCUT2D eigenvalue weighted by Crippen LogP contribution is -2.38. The molecule has 0 amide bonds. The van der Waals surface area contributed by atoms with Gasteiger partial charge in [-0.05, 0) is 49.4 Å². The summed E-state index contributed by atoms with van der Waals surface area (Å²) in [6.07, 6.45) is 5.48. The van der Waals surface area contributed by atoms with Crippen molar-refractivity contribution in [3.05, 3.63) is 65.1 Å². The Morgan fingerprint density at radius 2 is 1.78 bits per heavy atom. The summed E-state index contributed by atoms with van der Waals surface area (Å²) in [7, 11) is 0. The molecule has 8 heteroatoms. The number of aromatic nitrogens is 2. The second-order valence-corrected chi connectivity index (χ2v) is 10.2. The highest BCUT2D eigenvalue weighted by Gasteiger charge is 2.29. The first-order chi connectivity index (χ1) is 17.2. The van der Waals surface area contributed by atoms with E-state index in [1.807, 2.05) is 37.3 Å². The number of hydrogen-bond donors (Lipinski definition) is 1. The van der Waals surface area contributed by atoms with Crippen molar-refractivity contribution < 1.29 is 19.4 Å². The van der Waals surface area contributed by atoms with Crippen LogP contribution in [0.5, 0.6) is 11.5 Å². The molecule has 2 aromatic heterocycles. The van der Waals surface area contributed by atoms with Gasteiger partial charge in [-0.2, -0.15) is 0 Å². The first kappa shape index (κ1) is 25.8. The van der Waals surface area contributed by atoms with E-state index in [2.05, 4.69) is 28.7 Å². The first-order valence-electron chi connectivity index (χ1n) is 12.2. The number of carbonyl (C=O) groups is 1. The quantitative estimate of drug-likeness (QED) is 0.364. The van der Waals surface area contributed by atoms with E-state index in [1.165, 1.54) is 0 Å². The number of anilines is 1. The smallest absolute Gasteiger partial charge is 0.307 e. The average molecular weight is 510 g/mol. The van der Waals surface area contributed by atoms with Gasteiger partial charge >= 0.3 is 5.97 Å². The van der Waals surface area contributed by atoms with Crippen LogP contribution in [0, 0.1) is 12.3 Å². The molecular formula is C28H32ClN3O4.